The zero-order valence-electron chi connectivity index (χ0n) is 23.1. The molecular formula is C29H39BN2O6. The average molecular weight is 522 g/mol. The SMILES string of the molecule is [B]CC(=O)NCC(=O)N1CCC23c4c5ccc(O)c4O[C@H]2[C@]2(OC)CC[C@@]3(CC2[C@](C)(O)C(C)(C)C)C1C5. The highest BCUT2D eigenvalue weighted by atomic mass is 16.6. The van der Waals surface area contributed by atoms with Gasteiger partial charge in [-0.05, 0) is 62.4 Å². The highest BCUT2D eigenvalue weighted by Crippen LogP contribution is 2.78. The number of hydrogen-bond donors (Lipinski definition) is 3. The zero-order chi connectivity index (χ0) is 27.5. The van der Waals surface area contributed by atoms with Gasteiger partial charge in [-0.1, -0.05) is 26.8 Å². The van der Waals surface area contributed by atoms with Gasteiger partial charge in [-0.25, -0.2) is 0 Å². The first-order valence-electron chi connectivity index (χ1n) is 13.9. The Morgan fingerprint density at radius 1 is 1.24 bits per heavy atom. The van der Waals surface area contributed by atoms with Gasteiger partial charge in [-0.15, -0.1) is 0 Å². The third-order valence-corrected chi connectivity index (χ3v) is 11.5. The summed E-state index contributed by atoms with van der Waals surface area (Å²) >= 11 is 0. The van der Waals surface area contributed by atoms with E-state index < -0.39 is 22.0 Å². The van der Waals surface area contributed by atoms with Gasteiger partial charge in [-0.3, -0.25) is 9.59 Å². The number of aromatic hydroxyl groups is 1. The van der Waals surface area contributed by atoms with Crippen molar-refractivity contribution in [2.45, 2.75) is 94.9 Å². The molecule has 3 saturated carbocycles. The molecule has 7 rings (SSSR count). The second-order valence-electron chi connectivity index (χ2n) is 13.4. The second kappa shape index (κ2) is 7.91. The van der Waals surface area contributed by atoms with Crippen LogP contribution in [-0.4, -0.2) is 78.3 Å². The van der Waals surface area contributed by atoms with Crippen LogP contribution in [0.3, 0.4) is 0 Å². The zero-order valence-corrected chi connectivity index (χ0v) is 23.1. The molecule has 4 bridgehead atoms. The van der Waals surface area contributed by atoms with E-state index in [4.69, 9.17) is 17.3 Å². The highest BCUT2D eigenvalue weighted by Gasteiger charge is 2.82. The maximum Gasteiger partial charge on any atom is 0.242 e. The van der Waals surface area contributed by atoms with E-state index in [1.807, 2.05) is 17.9 Å². The molecule has 4 fully saturated rings. The largest absolute Gasteiger partial charge is 0.504 e. The van der Waals surface area contributed by atoms with Crippen molar-refractivity contribution in [2.75, 3.05) is 20.2 Å². The first-order chi connectivity index (χ1) is 17.8. The Morgan fingerprint density at radius 3 is 2.63 bits per heavy atom. The van der Waals surface area contributed by atoms with Gasteiger partial charge in [0.15, 0.2) is 11.5 Å². The van der Waals surface area contributed by atoms with Crippen LogP contribution in [-0.2, 0) is 26.2 Å². The number of piperidine rings is 1. The summed E-state index contributed by atoms with van der Waals surface area (Å²) in [5, 5.41) is 25.8. The minimum absolute atomic E-state index is 0.0889. The number of hydrogen-bond acceptors (Lipinski definition) is 6. The van der Waals surface area contributed by atoms with Crippen molar-refractivity contribution in [1.82, 2.24) is 10.2 Å². The van der Waals surface area contributed by atoms with E-state index in [2.05, 4.69) is 26.1 Å². The van der Waals surface area contributed by atoms with E-state index in [0.29, 0.717) is 38.0 Å². The summed E-state index contributed by atoms with van der Waals surface area (Å²) < 4.78 is 13.3. The summed E-state index contributed by atoms with van der Waals surface area (Å²) in [5.74, 6) is -0.0462. The third kappa shape index (κ3) is 2.85. The number of phenols is 1. The number of benzene rings is 1. The van der Waals surface area contributed by atoms with Crippen molar-refractivity contribution < 1.29 is 29.3 Å². The molecule has 1 saturated heterocycles. The van der Waals surface area contributed by atoms with Gasteiger partial charge in [0.1, 0.15) is 11.7 Å². The van der Waals surface area contributed by atoms with Gasteiger partial charge in [0.05, 0.1) is 20.0 Å². The van der Waals surface area contributed by atoms with E-state index in [9.17, 15) is 19.8 Å². The molecule has 6 aliphatic rings. The fourth-order valence-electron chi connectivity index (χ4n) is 9.28. The first kappa shape index (κ1) is 26.0. The summed E-state index contributed by atoms with van der Waals surface area (Å²) in [6, 6.07) is 3.53. The Balaban J connectivity index is 1.54. The quantitative estimate of drug-likeness (QED) is 0.512. The predicted molar refractivity (Wildman–Crippen MR) is 141 cm³/mol. The molecule has 7 atom stereocenters. The van der Waals surface area contributed by atoms with Crippen LogP contribution in [0.2, 0.25) is 6.32 Å². The van der Waals surface area contributed by atoms with E-state index in [1.165, 1.54) is 0 Å². The summed E-state index contributed by atoms with van der Waals surface area (Å²) in [7, 11) is 7.18. The normalized spacial score (nSPS) is 37.7. The molecule has 204 valence electrons. The van der Waals surface area contributed by atoms with E-state index in [1.54, 1.807) is 13.2 Å². The summed E-state index contributed by atoms with van der Waals surface area (Å²) in [5.41, 5.74) is -0.893. The van der Waals surface area contributed by atoms with E-state index >= 15 is 0 Å². The van der Waals surface area contributed by atoms with Crippen molar-refractivity contribution in [3.05, 3.63) is 23.3 Å². The number of nitrogens with one attached hydrogen (secondary N) is 1. The van der Waals surface area contributed by atoms with Crippen LogP contribution in [0.25, 0.3) is 0 Å². The molecule has 8 nitrogen and oxygen atoms in total. The Kier molecular flexibility index (Phi) is 5.41. The summed E-state index contributed by atoms with van der Waals surface area (Å²) in [4.78, 5) is 27.4. The van der Waals surface area contributed by atoms with Gasteiger partial charge in [0.2, 0.25) is 11.8 Å². The van der Waals surface area contributed by atoms with Crippen LogP contribution in [0.15, 0.2) is 12.1 Å². The number of likely N-dealkylation sites (tertiary alicyclic amines) is 1. The number of rotatable bonds is 5. The number of carbonyl (C=O) groups is 2. The van der Waals surface area contributed by atoms with Crippen molar-refractivity contribution in [3.8, 4) is 11.5 Å². The smallest absolute Gasteiger partial charge is 0.242 e. The van der Waals surface area contributed by atoms with E-state index in [-0.39, 0.29) is 53.9 Å². The molecule has 38 heavy (non-hydrogen) atoms. The van der Waals surface area contributed by atoms with Crippen molar-refractivity contribution >= 4 is 19.7 Å². The molecule has 2 aliphatic heterocycles. The molecule has 1 aromatic carbocycles. The Morgan fingerprint density at radius 2 is 1.97 bits per heavy atom. The number of carbonyl (C=O) groups excluding carboxylic acids is 2. The third-order valence-electron chi connectivity index (χ3n) is 11.5. The van der Waals surface area contributed by atoms with Crippen LogP contribution >= 0.6 is 0 Å². The topological polar surface area (TPSA) is 108 Å². The van der Waals surface area contributed by atoms with Crippen LogP contribution in [0, 0.1) is 16.7 Å². The van der Waals surface area contributed by atoms with Gasteiger partial charge < -0.3 is 29.9 Å². The number of fused-ring (bicyclic) bond motifs is 2. The Labute approximate surface area is 225 Å². The molecule has 2 amide bonds. The molecule has 4 aliphatic carbocycles. The monoisotopic (exact) mass is 522 g/mol. The van der Waals surface area contributed by atoms with Gasteiger partial charge in [0, 0.05) is 42.0 Å². The number of ether oxygens (including phenoxy) is 2. The molecular weight excluding hydrogens is 483 g/mol. The predicted octanol–water partition coefficient (Wildman–Crippen LogP) is 2.23. The van der Waals surface area contributed by atoms with E-state index in [0.717, 1.165) is 17.5 Å². The number of nitrogens with zero attached hydrogens (tertiary/aromatic N) is 1. The number of methoxy groups -OCH3 is 1. The van der Waals surface area contributed by atoms with Crippen LogP contribution in [0.4, 0.5) is 0 Å². The fraction of sp³-hybridized carbons (Fsp3) is 0.724. The van der Waals surface area contributed by atoms with Crippen LogP contribution in [0.1, 0.15) is 64.5 Å². The van der Waals surface area contributed by atoms with Crippen molar-refractivity contribution in [1.29, 1.82) is 0 Å². The lowest BCUT2D eigenvalue weighted by atomic mass is 9.33. The van der Waals surface area contributed by atoms with Crippen LogP contribution in [0.5, 0.6) is 11.5 Å². The van der Waals surface area contributed by atoms with Gasteiger partial charge in [-0.2, -0.15) is 0 Å². The minimum Gasteiger partial charge on any atom is -0.504 e. The number of aliphatic hydroxyl groups is 1. The highest BCUT2D eigenvalue weighted by molar-refractivity contribution is 6.19. The maximum absolute atomic E-state index is 13.6. The van der Waals surface area contributed by atoms with Crippen LogP contribution < -0.4 is 10.1 Å². The molecule has 0 aromatic heterocycles. The minimum atomic E-state index is -1.09. The molecule has 2 heterocycles. The lowest BCUT2D eigenvalue weighted by Gasteiger charge is -2.75. The van der Waals surface area contributed by atoms with Gasteiger partial charge >= 0.3 is 0 Å². The standard InChI is InChI=1S/C29H39BN2O6/c1-25(2,3)26(4,36)18-13-27-8-9-29(18,37-5)24-28(27)10-11-32(21(35)15-31-20(34)14-30)19(27)12-16-6-7-17(33)23(38-24)22(16)28/h6-7,18-19,24,33,36H,8-15H2,1-5H3,(H,31,34)/t18?,19?,24-,26+,27-,28?,29+/m1/s1. The molecule has 3 unspecified atom stereocenters. The Hall–Kier alpha value is -2.26. The molecule has 9 heteroatoms. The summed E-state index contributed by atoms with van der Waals surface area (Å²) in [6.45, 7) is 8.51. The molecule has 1 aromatic rings. The lowest BCUT2D eigenvalue weighted by molar-refractivity contribution is -0.310. The average Bonchev–Trinajstić information content (AvgIpc) is 3.24. The summed E-state index contributed by atoms with van der Waals surface area (Å²) in [6.07, 6.45) is 2.97. The number of phenolic OH excluding ortho intramolecular Hbond substituents is 1. The lowest BCUT2D eigenvalue weighted by Crippen LogP contribution is -2.83. The van der Waals surface area contributed by atoms with Crippen molar-refractivity contribution in [2.24, 2.45) is 16.7 Å². The number of amides is 2. The fourth-order valence-corrected chi connectivity index (χ4v) is 9.28. The first-order valence-corrected chi connectivity index (χ1v) is 13.9. The second-order valence-corrected chi connectivity index (χ2v) is 13.4. The van der Waals surface area contributed by atoms with Gasteiger partial charge in [0.25, 0.3) is 0 Å². The molecule has 3 N–H and O–H groups in total. The van der Waals surface area contributed by atoms with Crippen molar-refractivity contribution in [3.63, 3.8) is 0 Å². The maximum atomic E-state index is 13.6. The Bertz CT molecular complexity index is 1210. The molecule has 2 radical (unpaired) electrons. The molecule has 2 spiro atoms.